The highest BCUT2D eigenvalue weighted by Gasteiger charge is 2.78. The molecule has 1 aromatic rings. The Morgan fingerprint density at radius 2 is 1.77 bits per heavy atom. The number of benzene rings is 1. The molecule has 2 bridgehead atoms. The Bertz CT molecular complexity index is 1030. The number of nitrogens with one attached hydrogen (secondary N) is 2. The minimum Gasteiger partial charge on any atom is -0.494 e. The third-order valence-electron chi connectivity index (χ3n) is 9.03. The van der Waals surface area contributed by atoms with Crippen LogP contribution in [0.25, 0.3) is 0 Å². The van der Waals surface area contributed by atoms with E-state index in [1.54, 1.807) is 17.0 Å². The van der Waals surface area contributed by atoms with Crippen molar-refractivity contribution >= 4 is 23.4 Å². The highest BCUT2D eigenvalue weighted by molar-refractivity contribution is 6.02. The van der Waals surface area contributed by atoms with E-state index in [0.717, 1.165) is 50.7 Å². The number of aliphatic hydroxyl groups excluding tert-OH is 1. The Labute approximate surface area is 238 Å². The van der Waals surface area contributed by atoms with Crippen LogP contribution >= 0.6 is 0 Å². The van der Waals surface area contributed by atoms with Gasteiger partial charge in [0.2, 0.25) is 17.7 Å². The van der Waals surface area contributed by atoms with E-state index in [1.165, 1.54) is 0 Å². The van der Waals surface area contributed by atoms with E-state index in [0.29, 0.717) is 44.6 Å². The molecule has 222 valence electrons. The molecule has 3 aliphatic rings. The fraction of sp³-hybridized carbons (Fsp3) is 0.710. The number of ether oxygens (including phenoxy) is 2. The Kier molecular flexibility index (Phi) is 10.1. The normalized spacial score (nSPS) is 28.6. The maximum atomic E-state index is 14.2. The summed E-state index contributed by atoms with van der Waals surface area (Å²) in [6, 6.07) is 6.47. The van der Waals surface area contributed by atoms with Gasteiger partial charge in [-0.25, -0.2) is 0 Å². The van der Waals surface area contributed by atoms with Gasteiger partial charge in [-0.05, 0) is 69.7 Å². The lowest BCUT2D eigenvalue weighted by atomic mass is 9.65. The summed E-state index contributed by atoms with van der Waals surface area (Å²) in [6.45, 7) is 7.73. The fourth-order valence-electron chi connectivity index (χ4n) is 7.11. The smallest absolute Gasteiger partial charge is 0.245 e. The number of unbranched alkanes of at least 4 members (excludes halogenated alkanes) is 5. The van der Waals surface area contributed by atoms with Crippen molar-refractivity contribution in [3.05, 3.63) is 24.3 Å². The molecule has 3 saturated heterocycles. The molecule has 1 aromatic carbocycles. The first-order valence-corrected chi connectivity index (χ1v) is 15.3. The quantitative estimate of drug-likeness (QED) is 0.264. The highest BCUT2D eigenvalue weighted by Crippen LogP contribution is 2.64. The number of fused-ring (bicyclic) bond motifs is 1. The molecule has 9 nitrogen and oxygen atoms in total. The van der Waals surface area contributed by atoms with E-state index < -0.39 is 29.1 Å². The number of amides is 3. The highest BCUT2D eigenvalue weighted by atomic mass is 16.5. The van der Waals surface area contributed by atoms with Crippen molar-refractivity contribution in [1.29, 1.82) is 0 Å². The first kappa shape index (κ1) is 30.3. The van der Waals surface area contributed by atoms with Crippen LogP contribution in [0.15, 0.2) is 24.3 Å². The molecule has 3 N–H and O–H groups in total. The summed E-state index contributed by atoms with van der Waals surface area (Å²) in [5.74, 6) is -1.23. The molecule has 5 atom stereocenters. The molecule has 1 spiro atoms. The molecule has 40 heavy (non-hydrogen) atoms. The number of aliphatic hydroxyl groups is 1. The third kappa shape index (κ3) is 5.73. The second-order valence-electron chi connectivity index (χ2n) is 11.4. The zero-order valence-corrected chi connectivity index (χ0v) is 24.4. The predicted molar refractivity (Wildman–Crippen MR) is 153 cm³/mol. The van der Waals surface area contributed by atoms with Gasteiger partial charge < -0.3 is 30.1 Å². The molecule has 0 aliphatic carbocycles. The molecule has 0 aromatic heterocycles. The molecular weight excluding hydrogens is 510 g/mol. The second-order valence-corrected chi connectivity index (χ2v) is 11.4. The van der Waals surface area contributed by atoms with Crippen LogP contribution in [0.3, 0.4) is 0 Å². The Morgan fingerprint density at radius 1 is 1.02 bits per heavy atom. The van der Waals surface area contributed by atoms with Crippen molar-refractivity contribution in [2.75, 3.05) is 31.6 Å². The van der Waals surface area contributed by atoms with Gasteiger partial charge in [-0.1, -0.05) is 39.5 Å². The summed E-state index contributed by atoms with van der Waals surface area (Å²) in [5, 5.41) is 15.2. The number of carbonyl (C=O) groups is 3. The molecule has 3 aliphatic heterocycles. The first-order valence-electron chi connectivity index (χ1n) is 15.3. The van der Waals surface area contributed by atoms with Gasteiger partial charge in [0.05, 0.1) is 24.0 Å². The zero-order valence-electron chi connectivity index (χ0n) is 24.4. The minimum absolute atomic E-state index is 0.148. The van der Waals surface area contributed by atoms with Crippen LogP contribution in [0.1, 0.15) is 85.0 Å². The van der Waals surface area contributed by atoms with E-state index in [9.17, 15) is 14.4 Å². The van der Waals surface area contributed by atoms with Crippen molar-refractivity contribution in [3.8, 4) is 5.75 Å². The number of hydrogen-bond acceptors (Lipinski definition) is 6. The summed E-state index contributed by atoms with van der Waals surface area (Å²) in [4.78, 5) is 43.5. The van der Waals surface area contributed by atoms with Gasteiger partial charge in [0, 0.05) is 25.4 Å². The molecule has 4 rings (SSSR count). The lowest BCUT2D eigenvalue weighted by Gasteiger charge is -2.34. The van der Waals surface area contributed by atoms with E-state index in [1.807, 2.05) is 26.0 Å². The number of rotatable bonds is 16. The number of anilines is 1. The van der Waals surface area contributed by atoms with Gasteiger partial charge in [0.15, 0.2) is 0 Å². The maximum absolute atomic E-state index is 14.2. The number of likely N-dealkylation sites (tertiary alicyclic amines) is 1. The number of hydrogen-bond donors (Lipinski definition) is 3. The van der Waals surface area contributed by atoms with Crippen LogP contribution < -0.4 is 15.4 Å². The van der Waals surface area contributed by atoms with Crippen molar-refractivity contribution in [2.45, 2.75) is 102 Å². The van der Waals surface area contributed by atoms with E-state index in [2.05, 4.69) is 17.6 Å². The van der Waals surface area contributed by atoms with Crippen LogP contribution in [0.2, 0.25) is 0 Å². The van der Waals surface area contributed by atoms with E-state index >= 15 is 0 Å². The fourth-order valence-corrected chi connectivity index (χ4v) is 7.11. The number of carbonyl (C=O) groups excluding carboxylic acids is 3. The van der Waals surface area contributed by atoms with Gasteiger partial charge in [0.1, 0.15) is 17.4 Å². The molecular formula is C31H47N3O6. The van der Waals surface area contributed by atoms with Gasteiger partial charge in [0.25, 0.3) is 0 Å². The lowest BCUT2D eigenvalue weighted by molar-refractivity contribution is -0.146. The first-order chi connectivity index (χ1) is 19.4. The Morgan fingerprint density at radius 3 is 2.45 bits per heavy atom. The van der Waals surface area contributed by atoms with E-state index in [4.69, 9.17) is 14.6 Å². The zero-order chi connectivity index (χ0) is 28.8. The summed E-state index contributed by atoms with van der Waals surface area (Å²) in [7, 11) is 0. The largest absolute Gasteiger partial charge is 0.494 e. The Hall–Kier alpha value is -2.65. The minimum atomic E-state index is -1.01. The molecule has 3 heterocycles. The standard InChI is InChI=1S/C31H47N3O6/c1-4-7-10-19-32-28(37)26-31-18-17-30(5-2,40-31)24(25(31)29(38)34(26)20-11-8-9-12-21-35)27(36)33-22-13-15-23(16-14-22)39-6-3/h13-16,24-26,35H,4-12,17-21H2,1-3H3,(H,32,37)(H,33,36)/t24-,25-,26?,30+,31?/m0/s1. The van der Waals surface area contributed by atoms with Gasteiger partial charge in [-0.2, -0.15) is 0 Å². The molecule has 3 amide bonds. The molecule has 3 fully saturated rings. The average Bonchev–Trinajstić information content (AvgIpc) is 3.56. The molecule has 9 heteroatoms. The SMILES string of the molecule is CCCCCNC(=O)C1N(CCCCCCO)C(=O)[C@@H]2[C@@H](C(=O)Nc3ccc(OCC)cc3)[C@@]3(CC)CCC12O3. The average molecular weight is 558 g/mol. The van der Waals surface area contributed by atoms with Crippen LogP contribution in [-0.2, 0) is 19.1 Å². The maximum Gasteiger partial charge on any atom is 0.245 e. The topological polar surface area (TPSA) is 117 Å². The molecule has 0 saturated carbocycles. The van der Waals surface area contributed by atoms with E-state index in [-0.39, 0.29) is 24.3 Å². The van der Waals surface area contributed by atoms with Crippen LogP contribution in [0, 0.1) is 11.8 Å². The second kappa shape index (κ2) is 13.3. The molecule has 2 unspecified atom stereocenters. The molecule has 0 radical (unpaired) electrons. The Balaban J connectivity index is 1.59. The van der Waals surface area contributed by atoms with Gasteiger partial charge >= 0.3 is 0 Å². The van der Waals surface area contributed by atoms with Gasteiger partial charge in [-0.3, -0.25) is 14.4 Å². The summed E-state index contributed by atoms with van der Waals surface area (Å²) >= 11 is 0. The number of nitrogens with zero attached hydrogens (tertiary/aromatic N) is 1. The van der Waals surface area contributed by atoms with Crippen molar-refractivity contribution in [1.82, 2.24) is 10.2 Å². The van der Waals surface area contributed by atoms with Crippen LogP contribution in [0.4, 0.5) is 5.69 Å². The van der Waals surface area contributed by atoms with Gasteiger partial charge in [-0.15, -0.1) is 0 Å². The summed E-state index contributed by atoms with van der Waals surface area (Å²) in [6.07, 6.45) is 7.94. The van der Waals surface area contributed by atoms with Crippen molar-refractivity contribution < 1.29 is 29.0 Å². The summed E-state index contributed by atoms with van der Waals surface area (Å²) < 4.78 is 12.3. The summed E-state index contributed by atoms with van der Waals surface area (Å²) in [5.41, 5.74) is -1.15. The predicted octanol–water partition coefficient (Wildman–Crippen LogP) is 4.04. The van der Waals surface area contributed by atoms with Crippen LogP contribution in [0.5, 0.6) is 5.75 Å². The third-order valence-corrected chi connectivity index (χ3v) is 9.03. The van der Waals surface area contributed by atoms with Crippen LogP contribution in [-0.4, -0.2) is 71.3 Å². The van der Waals surface area contributed by atoms with Crippen molar-refractivity contribution in [2.24, 2.45) is 11.8 Å². The lowest BCUT2D eigenvalue weighted by Crippen LogP contribution is -2.55. The monoisotopic (exact) mass is 557 g/mol. The van der Waals surface area contributed by atoms with Crippen molar-refractivity contribution in [3.63, 3.8) is 0 Å².